The average molecular weight is 256 g/mol. The van der Waals surface area contributed by atoms with Gasteiger partial charge in [-0.25, -0.2) is 14.2 Å². The minimum absolute atomic E-state index is 0.162. The fourth-order valence-electron chi connectivity index (χ4n) is 1.54. The van der Waals surface area contributed by atoms with E-state index in [1.54, 1.807) is 0 Å². The number of rotatable bonds is 8. The number of aromatic carboxylic acids is 1. The number of hydrogen-bond acceptors (Lipinski definition) is 4. The summed E-state index contributed by atoms with van der Waals surface area (Å²) in [5, 5.41) is 20.4. The van der Waals surface area contributed by atoms with Crippen LogP contribution in [0.5, 0.6) is 0 Å². The maximum atomic E-state index is 12.9. The molecule has 100 valence electrons. The van der Waals surface area contributed by atoms with E-state index in [0.29, 0.717) is 6.54 Å². The van der Waals surface area contributed by atoms with Gasteiger partial charge in [0.2, 0.25) is 0 Å². The Morgan fingerprint density at radius 2 is 2.06 bits per heavy atom. The first-order valence-corrected chi connectivity index (χ1v) is 5.88. The van der Waals surface area contributed by atoms with Crippen LogP contribution in [0.25, 0.3) is 0 Å². The van der Waals surface area contributed by atoms with E-state index in [9.17, 15) is 9.18 Å². The molecule has 5 nitrogen and oxygen atoms in total. The van der Waals surface area contributed by atoms with Crippen LogP contribution in [-0.2, 0) is 0 Å². The Hall–Kier alpha value is -1.69. The quantitative estimate of drug-likeness (QED) is 0.619. The van der Waals surface area contributed by atoms with Gasteiger partial charge >= 0.3 is 5.97 Å². The molecule has 0 spiro atoms. The number of pyridine rings is 1. The molecule has 1 rings (SSSR count). The van der Waals surface area contributed by atoms with E-state index in [-0.39, 0.29) is 18.0 Å². The number of aliphatic hydroxyl groups is 1. The molecule has 3 N–H and O–H groups in total. The third-order valence-electron chi connectivity index (χ3n) is 2.46. The molecule has 0 unspecified atom stereocenters. The van der Waals surface area contributed by atoms with E-state index in [4.69, 9.17) is 10.2 Å². The lowest BCUT2D eigenvalue weighted by Crippen LogP contribution is -2.10. The zero-order chi connectivity index (χ0) is 13.4. The fraction of sp³-hybridized carbons (Fsp3) is 0.500. The van der Waals surface area contributed by atoms with Gasteiger partial charge in [-0.15, -0.1) is 0 Å². The Balaban J connectivity index is 2.44. The molecule has 0 radical (unpaired) electrons. The third-order valence-corrected chi connectivity index (χ3v) is 2.46. The summed E-state index contributed by atoms with van der Waals surface area (Å²) >= 11 is 0. The summed E-state index contributed by atoms with van der Waals surface area (Å²) in [5.41, 5.74) is -0.162. The topological polar surface area (TPSA) is 82.5 Å². The van der Waals surface area contributed by atoms with Crippen molar-refractivity contribution in [3.63, 3.8) is 0 Å². The number of anilines is 1. The van der Waals surface area contributed by atoms with Gasteiger partial charge < -0.3 is 15.5 Å². The van der Waals surface area contributed by atoms with Gasteiger partial charge in [0.25, 0.3) is 0 Å². The van der Waals surface area contributed by atoms with Crippen LogP contribution in [0.1, 0.15) is 36.0 Å². The standard InChI is InChI=1S/C12H17FN2O3/c13-9-7-10(12(17)18)11(15-8-9)14-5-3-1-2-4-6-16/h7-8,16H,1-6H2,(H,14,15)(H,17,18). The monoisotopic (exact) mass is 256 g/mol. The smallest absolute Gasteiger partial charge is 0.339 e. The first-order chi connectivity index (χ1) is 8.65. The summed E-state index contributed by atoms with van der Waals surface area (Å²) in [4.78, 5) is 14.6. The summed E-state index contributed by atoms with van der Waals surface area (Å²) in [6, 6.07) is 0.948. The molecule has 0 fully saturated rings. The first kappa shape index (κ1) is 14.4. The van der Waals surface area contributed by atoms with E-state index in [2.05, 4.69) is 10.3 Å². The molecular formula is C12H17FN2O3. The highest BCUT2D eigenvalue weighted by Crippen LogP contribution is 2.13. The number of hydrogen-bond donors (Lipinski definition) is 3. The van der Waals surface area contributed by atoms with Crippen LogP contribution >= 0.6 is 0 Å². The SMILES string of the molecule is O=C(O)c1cc(F)cnc1NCCCCCCO. The van der Waals surface area contributed by atoms with Crippen molar-refractivity contribution in [3.05, 3.63) is 23.6 Å². The first-order valence-electron chi connectivity index (χ1n) is 5.88. The van der Waals surface area contributed by atoms with Crippen molar-refractivity contribution in [2.24, 2.45) is 0 Å². The van der Waals surface area contributed by atoms with Crippen LogP contribution in [0.15, 0.2) is 12.3 Å². The number of nitrogens with zero attached hydrogens (tertiary/aromatic N) is 1. The van der Waals surface area contributed by atoms with Gasteiger partial charge in [-0.05, 0) is 18.9 Å². The van der Waals surface area contributed by atoms with Gasteiger partial charge in [-0.1, -0.05) is 12.8 Å². The predicted molar refractivity (Wildman–Crippen MR) is 65.2 cm³/mol. The summed E-state index contributed by atoms with van der Waals surface area (Å²) in [5.74, 6) is -1.68. The van der Waals surface area contributed by atoms with E-state index in [1.165, 1.54) is 0 Å². The molecule has 0 amide bonds. The van der Waals surface area contributed by atoms with Gasteiger partial charge in [0.15, 0.2) is 0 Å². The van der Waals surface area contributed by atoms with Gasteiger partial charge in [-0.2, -0.15) is 0 Å². The van der Waals surface area contributed by atoms with Crippen LogP contribution < -0.4 is 5.32 Å². The normalized spacial score (nSPS) is 10.3. The van der Waals surface area contributed by atoms with Crippen molar-refractivity contribution < 1.29 is 19.4 Å². The van der Waals surface area contributed by atoms with Gasteiger partial charge in [0, 0.05) is 13.2 Å². The molecule has 0 saturated carbocycles. The lowest BCUT2D eigenvalue weighted by molar-refractivity contribution is 0.0697. The van der Waals surface area contributed by atoms with Crippen LogP contribution in [0.4, 0.5) is 10.2 Å². The highest BCUT2D eigenvalue weighted by Gasteiger charge is 2.12. The predicted octanol–water partition coefficient (Wildman–Crippen LogP) is 1.88. The molecule has 1 aromatic heterocycles. The lowest BCUT2D eigenvalue weighted by Gasteiger charge is -2.08. The van der Waals surface area contributed by atoms with Crippen molar-refractivity contribution in [2.75, 3.05) is 18.5 Å². The van der Waals surface area contributed by atoms with Gasteiger partial charge in [-0.3, -0.25) is 0 Å². The van der Waals surface area contributed by atoms with E-state index >= 15 is 0 Å². The number of aromatic nitrogens is 1. The van der Waals surface area contributed by atoms with E-state index < -0.39 is 11.8 Å². The van der Waals surface area contributed by atoms with Crippen LogP contribution in [0, 0.1) is 5.82 Å². The number of aliphatic hydroxyl groups excluding tert-OH is 1. The average Bonchev–Trinajstić information content (AvgIpc) is 2.35. The minimum Gasteiger partial charge on any atom is -0.478 e. The molecule has 0 aliphatic heterocycles. The zero-order valence-electron chi connectivity index (χ0n) is 10.0. The largest absolute Gasteiger partial charge is 0.478 e. The summed E-state index contributed by atoms with van der Waals surface area (Å²) in [6.45, 7) is 0.764. The van der Waals surface area contributed by atoms with Crippen molar-refractivity contribution >= 4 is 11.8 Å². The molecule has 1 aromatic rings. The summed E-state index contributed by atoms with van der Waals surface area (Å²) in [6.07, 6.45) is 4.48. The second-order valence-corrected chi connectivity index (χ2v) is 3.92. The molecule has 0 bridgehead atoms. The maximum Gasteiger partial charge on any atom is 0.339 e. The Kier molecular flexibility index (Phi) is 6.07. The highest BCUT2D eigenvalue weighted by atomic mass is 19.1. The Labute approximate surface area is 105 Å². The number of unbranched alkanes of at least 4 members (excludes halogenated alkanes) is 3. The Morgan fingerprint density at radius 1 is 1.33 bits per heavy atom. The summed E-state index contributed by atoms with van der Waals surface area (Å²) < 4.78 is 12.9. The maximum absolute atomic E-state index is 12.9. The molecule has 0 aliphatic carbocycles. The Bertz CT molecular complexity index is 399. The van der Waals surface area contributed by atoms with Crippen molar-refractivity contribution in [2.45, 2.75) is 25.7 Å². The van der Waals surface area contributed by atoms with Crippen LogP contribution in [-0.4, -0.2) is 34.3 Å². The Morgan fingerprint density at radius 3 is 2.72 bits per heavy atom. The second-order valence-electron chi connectivity index (χ2n) is 3.92. The molecular weight excluding hydrogens is 239 g/mol. The number of nitrogens with one attached hydrogen (secondary N) is 1. The number of carboxylic acids is 1. The van der Waals surface area contributed by atoms with Gasteiger partial charge in [0.1, 0.15) is 17.2 Å². The lowest BCUT2D eigenvalue weighted by atomic mass is 10.2. The van der Waals surface area contributed by atoms with Crippen molar-refractivity contribution in [1.29, 1.82) is 0 Å². The molecule has 0 aliphatic rings. The molecule has 1 heterocycles. The molecule has 6 heteroatoms. The molecule has 18 heavy (non-hydrogen) atoms. The number of carbonyl (C=O) groups is 1. The highest BCUT2D eigenvalue weighted by molar-refractivity contribution is 5.93. The van der Waals surface area contributed by atoms with Crippen molar-refractivity contribution in [3.8, 4) is 0 Å². The van der Waals surface area contributed by atoms with E-state index in [0.717, 1.165) is 37.9 Å². The van der Waals surface area contributed by atoms with E-state index in [1.807, 2.05) is 0 Å². The number of carboxylic acid groups (broad SMARTS) is 1. The summed E-state index contributed by atoms with van der Waals surface area (Å²) in [7, 11) is 0. The third kappa shape index (κ3) is 4.67. The van der Waals surface area contributed by atoms with Gasteiger partial charge in [0.05, 0.1) is 6.20 Å². The fourth-order valence-corrected chi connectivity index (χ4v) is 1.54. The molecule has 0 saturated heterocycles. The molecule has 0 aromatic carbocycles. The van der Waals surface area contributed by atoms with Crippen LogP contribution in [0.2, 0.25) is 0 Å². The zero-order valence-corrected chi connectivity index (χ0v) is 10.0. The molecule has 0 atom stereocenters. The number of halogens is 1. The second kappa shape index (κ2) is 7.60. The van der Waals surface area contributed by atoms with Crippen LogP contribution in [0.3, 0.4) is 0 Å². The minimum atomic E-state index is -1.20. The van der Waals surface area contributed by atoms with Crippen molar-refractivity contribution in [1.82, 2.24) is 4.98 Å².